The lowest BCUT2D eigenvalue weighted by atomic mass is 10.2. The molecule has 0 aromatic heterocycles. The smallest absolute Gasteiger partial charge is 0.268 e. The molecule has 1 rings (SSSR count). The summed E-state index contributed by atoms with van der Waals surface area (Å²) in [5.41, 5.74) is 1.02. The minimum Gasteiger partial charge on any atom is -0.370 e. The van der Waals surface area contributed by atoms with Crippen molar-refractivity contribution in [1.82, 2.24) is 0 Å². The molecule has 0 aliphatic carbocycles. The van der Waals surface area contributed by atoms with Crippen molar-refractivity contribution in [3.05, 3.63) is 35.9 Å². The molecule has 1 aromatic carbocycles. The summed E-state index contributed by atoms with van der Waals surface area (Å²) in [6.07, 6.45) is 0. The zero-order chi connectivity index (χ0) is 12.2. The van der Waals surface area contributed by atoms with Gasteiger partial charge in [-0.1, -0.05) is 30.3 Å². The van der Waals surface area contributed by atoms with Crippen molar-refractivity contribution in [2.24, 2.45) is 0 Å². The molecule has 0 spiro atoms. The average Bonchev–Trinajstić information content (AvgIpc) is 2.13. The maximum Gasteiger partial charge on any atom is 0.268 e. The Morgan fingerprint density at radius 3 is 2.25 bits per heavy atom. The summed E-state index contributed by atoms with van der Waals surface area (Å²) in [7, 11) is -1.81. The summed E-state index contributed by atoms with van der Waals surface area (Å²) in [6, 6.07) is 9.72. The van der Waals surface area contributed by atoms with Crippen molar-refractivity contribution in [3.8, 4) is 0 Å². The van der Waals surface area contributed by atoms with Gasteiger partial charge in [0.1, 0.15) is 0 Å². The predicted molar refractivity (Wildman–Crippen MR) is 66.3 cm³/mol. The fourth-order valence-corrected chi connectivity index (χ4v) is 2.58. The van der Waals surface area contributed by atoms with Crippen LogP contribution in [-0.4, -0.2) is 19.4 Å². The van der Waals surface area contributed by atoms with E-state index in [9.17, 15) is 5.11 Å². The van der Waals surface area contributed by atoms with Gasteiger partial charge in [0, 0.05) is 6.92 Å². The highest BCUT2D eigenvalue weighted by Gasteiger charge is 2.30. The first kappa shape index (κ1) is 13.4. The minimum atomic E-state index is -1.81. The summed E-state index contributed by atoms with van der Waals surface area (Å²) in [4.78, 5) is 0. The molecule has 0 saturated heterocycles. The monoisotopic (exact) mass is 240 g/mol. The molecule has 0 saturated carbocycles. The molecular formula is C12H20O3Si. The highest BCUT2D eigenvalue weighted by molar-refractivity contribution is 6.69. The van der Waals surface area contributed by atoms with Gasteiger partial charge in [-0.3, -0.25) is 0 Å². The standard InChI is InChI=1S/C12H20O3Si/c1-12(13,15-16(2,3)4)14-10-11-8-6-5-7-9-11/h5-9,13H,10H2,1-4H3. The molecule has 1 unspecified atom stereocenters. The van der Waals surface area contributed by atoms with Crippen LogP contribution in [0.3, 0.4) is 0 Å². The molecule has 1 atom stereocenters. The van der Waals surface area contributed by atoms with E-state index in [2.05, 4.69) is 0 Å². The van der Waals surface area contributed by atoms with Crippen LogP contribution in [0.2, 0.25) is 19.6 Å². The van der Waals surface area contributed by atoms with Crippen LogP contribution < -0.4 is 0 Å². The minimum absolute atomic E-state index is 0.346. The molecule has 0 aliphatic rings. The number of hydrogen-bond acceptors (Lipinski definition) is 3. The molecule has 0 fully saturated rings. The molecule has 0 aliphatic heterocycles. The highest BCUT2D eigenvalue weighted by atomic mass is 28.4. The molecule has 1 N–H and O–H groups in total. The number of benzene rings is 1. The molecule has 4 heteroatoms. The van der Waals surface area contributed by atoms with Gasteiger partial charge in [0.15, 0.2) is 8.32 Å². The van der Waals surface area contributed by atoms with Crippen LogP contribution in [0.5, 0.6) is 0 Å². The quantitative estimate of drug-likeness (QED) is 0.635. The van der Waals surface area contributed by atoms with Crippen LogP contribution >= 0.6 is 0 Å². The van der Waals surface area contributed by atoms with E-state index in [1.807, 2.05) is 50.0 Å². The van der Waals surface area contributed by atoms with Crippen LogP contribution in [0.1, 0.15) is 12.5 Å². The topological polar surface area (TPSA) is 38.7 Å². The average molecular weight is 240 g/mol. The van der Waals surface area contributed by atoms with Gasteiger partial charge >= 0.3 is 0 Å². The molecule has 0 radical (unpaired) electrons. The Hall–Kier alpha value is -0.683. The lowest BCUT2D eigenvalue weighted by molar-refractivity contribution is -0.318. The number of hydrogen-bond donors (Lipinski definition) is 1. The first-order valence-corrected chi connectivity index (χ1v) is 8.80. The molecule has 1 aromatic rings. The maximum absolute atomic E-state index is 9.90. The van der Waals surface area contributed by atoms with Crippen molar-refractivity contribution in [3.63, 3.8) is 0 Å². The van der Waals surface area contributed by atoms with Gasteiger partial charge in [-0.15, -0.1) is 0 Å². The Balaban J connectivity index is 2.48. The molecule has 0 amide bonds. The second kappa shape index (κ2) is 5.10. The summed E-state index contributed by atoms with van der Waals surface area (Å²) in [6.45, 7) is 7.90. The van der Waals surface area contributed by atoms with Crippen LogP contribution in [0.25, 0.3) is 0 Å². The van der Waals surface area contributed by atoms with E-state index in [0.717, 1.165) is 5.56 Å². The Kier molecular flexibility index (Phi) is 4.26. The number of rotatable bonds is 5. The van der Waals surface area contributed by atoms with Gasteiger partial charge in [-0.2, -0.15) is 0 Å². The van der Waals surface area contributed by atoms with Gasteiger partial charge < -0.3 is 14.3 Å². The van der Waals surface area contributed by atoms with E-state index in [1.54, 1.807) is 0 Å². The van der Waals surface area contributed by atoms with E-state index in [1.165, 1.54) is 6.92 Å². The number of ether oxygens (including phenoxy) is 1. The predicted octanol–water partition coefficient (Wildman–Crippen LogP) is 2.72. The Bertz CT molecular complexity index is 317. The lowest BCUT2D eigenvalue weighted by Crippen LogP contribution is -2.42. The molecule has 16 heavy (non-hydrogen) atoms. The van der Waals surface area contributed by atoms with E-state index < -0.39 is 14.3 Å². The van der Waals surface area contributed by atoms with E-state index in [-0.39, 0.29) is 0 Å². The van der Waals surface area contributed by atoms with Gasteiger partial charge in [0.25, 0.3) is 5.97 Å². The third-order valence-electron chi connectivity index (χ3n) is 1.85. The van der Waals surface area contributed by atoms with Gasteiger partial charge in [-0.05, 0) is 25.2 Å². The molecular weight excluding hydrogens is 220 g/mol. The second-order valence-corrected chi connectivity index (χ2v) is 9.32. The van der Waals surface area contributed by atoms with Crippen molar-refractivity contribution in [2.75, 3.05) is 0 Å². The maximum atomic E-state index is 9.90. The van der Waals surface area contributed by atoms with Crippen LogP contribution in [0.4, 0.5) is 0 Å². The van der Waals surface area contributed by atoms with Crippen LogP contribution in [-0.2, 0) is 15.8 Å². The first-order valence-electron chi connectivity index (χ1n) is 5.39. The van der Waals surface area contributed by atoms with E-state index in [0.29, 0.717) is 6.61 Å². The Morgan fingerprint density at radius 2 is 1.75 bits per heavy atom. The fourth-order valence-electron chi connectivity index (χ4n) is 1.39. The van der Waals surface area contributed by atoms with Crippen molar-refractivity contribution in [1.29, 1.82) is 0 Å². The highest BCUT2D eigenvalue weighted by Crippen LogP contribution is 2.18. The Morgan fingerprint density at radius 1 is 1.19 bits per heavy atom. The van der Waals surface area contributed by atoms with E-state index in [4.69, 9.17) is 9.16 Å². The third-order valence-corrected chi connectivity index (χ3v) is 2.84. The molecule has 0 bridgehead atoms. The zero-order valence-electron chi connectivity index (χ0n) is 10.4. The number of aliphatic hydroxyl groups is 1. The van der Waals surface area contributed by atoms with Crippen molar-refractivity contribution >= 4 is 8.32 Å². The van der Waals surface area contributed by atoms with Gasteiger partial charge in [0.05, 0.1) is 6.61 Å². The SMILES string of the molecule is CC(O)(OCc1ccccc1)O[Si](C)(C)C. The summed E-state index contributed by atoms with van der Waals surface area (Å²) >= 11 is 0. The summed E-state index contributed by atoms with van der Waals surface area (Å²) in [5.74, 6) is -1.50. The second-order valence-electron chi connectivity index (χ2n) is 4.89. The van der Waals surface area contributed by atoms with Crippen molar-refractivity contribution in [2.45, 2.75) is 39.1 Å². The molecule has 90 valence electrons. The van der Waals surface area contributed by atoms with Gasteiger partial charge in [0.2, 0.25) is 0 Å². The Labute approximate surface area is 98.1 Å². The van der Waals surface area contributed by atoms with Crippen LogP contribution in [0.15, 0.2) is 30.3 Å². The first-order chi connectivity index (χ1) is 7.29. The summed E-state index contributed by atoms with van der Waals surface area (Å²) < 4.78 is 10.9. The fraction of sp³-hybridized carbons (Fsp3) is 0.500. The lowest BCUT2D eigenvalue weighted by Gasteiger charge is -2.30. The molecule has 0 heterocycles. The third kappa shape index (κ3) is 5.41. The van der Waals surface area contributed by atoms with Crippen LogP contribution in [0, 0.1) is 0 Å². The van der Waals surface area contributed by atoms with E-state index >= 15 is 0 Å². The zero-order valence-corrected chi connectivity index (χ0v) is 11.4. The van der Waals surface area contributed by atoms with Gasteiger partial charge in [-0.25, -0.2) is 0 Å². The van der Waals surface area contributed by atoms with Crippen molar-refractivity contribution < 1.29 is 14.3 Å². The molecule has 3 nitrogen and oxygen atoms in total. The largest absolute Gasteiger partial charge is 0.370 e. The normalized spacial score (nSPS) is 15.8. The summed E-state index contributed by atoms with van der Waals surface area (Å²) in [5, 5.41) is 9.90.